The first-order valence-corrected chi connectivity index (χ1v) is 11.8. The average molecular weight is 523 g/mol. The molecule has 0 aliphatic heterocycles. The van der Waals surface area contributed by atoms with Gasteiger partial charge in [0.25, 0.3) is 5.91 Å². The van der Waals surface area contributed by atoms with E-state index in [0.717, 1.165) is 5.56 Å². The van der Waals surface area contributed by atoms with Crippen LogP contribution in [0.4, 0.5) is 5.69 Å². The molecule has 0 aromatic heterocycles. The third-order valence-electron chi connectivity index (χ3n) is 4.82. The molecule has 0 atom stereocenters. The zero-order valence-corrected chi connectivity index (χ0v) is 21.1. The van der Waals surface area contributed by atoms with Crippen molar-refractivity contribution in [3.8, 4) is 23.3 Å². The molecular formula is C28H24Cl2N2O4. The molecule has 184 valence electrons. The number of amides is 1. The second kappa shape index (κ2) is 13.2. The molecule has 0 unspecified atom stereocenters. The topological polar surface area (TPSA) is 80.6 Å². The normalized spacial score (nSPS) is 10.8. The van der Waals surface area contributed by atoms with E-state index in [-0.39, 0.29) is 12.2 Å². The summed E-state index contributed by atoms with van der Waals surface area (Å²) < 4.78 is 17.0. The molecule has 0 heterocycles. The van der Waals surface area contributed by atoms with Crippen molar-refractivity contribution in [3.63, 3.8) is 0 Å². The number of hydrogen-bond acceptors (Lipinski definition) is 5. The predicted octanol–water partition coefficient (Wildman–Crippen LogP) is 7.08. The summed E-state index contributed by atoms with van der Waals surface area (Å²) in [4.78, 5) is 12.7. The molecule has 6 nitrogen and oxygen atoms in total. The Bertz CT molecular complexity index is 1300. The lowest BCUT2D eigenvalue weighted by Crippen LogP contribution is -2.13. The van der Waals surface area contributed by atoms with Gasteiger partial charge in [0.2, 0.25) is 0 Å². The van der Waals surface area contributed by atoms with E-state index in [4.69, 9.17) is 37.4 Å². The van der Waals surface area contributed by atoms with Crippen molar-refractivity contribution in [2.75, 3.05) is 18.5 Å². The van der Waals surface area contributed by atoms with Crippen LogP contribution in [0.5, 0.6) is 17.2 Å². The number of carbonyl (C=O) groups excluding carboxylic acids is 1. The number of hydrogen-bond donors (Lipinski definition) is 1. The molecule has 1 N–H and O–H groups in total. The maximum atomic E-state index is 12.7. The first-order valence-electron chi connectivity index (χ1n) is 11.0. The largest absolute Gasteiger partial charge is 0.490 e. The summed E-state index contributed by atoms with van der Waals surface area (Å²) in [5, 5.41) is 13.4. The van der Waals surface area contributed by atoms with Crippen LogP contribution in [0.1, 0.15) is 18.1 Å². The van der Waals surface area contributed by atoms with E-state index in [1.165, 1.54) is 6.08 Å². The fourth-order valence-electron chi connectivity index (χ4n) is 3.10. The van der Waals surface area contributed by atoms with Crippen molar-refractivity contribution in [1.29, 1.82) is 5.26 Å². The lowest BCUT2D eigenvalue weighted by Gasteiger charge is -2.12. The number of nitrogens with one attached hydrogen (secondary N) is 1. The molecule has 8 heteroatoms. The smallest absolute Gasteiger partial charge is 0.266 e. The van der Waals surface area contributed by atoms with Gasteiger partial charge >= 0.3 is 0 Å². The van der Waals surface area contributed by atoms with Crippen LogP contribution in [0.2, 0.25) is 10.0 Å². The first kappa shape index (κ1) is 26.7. The lowest BCUT2D eigenvalue weighted by atomic mass is 10.1. The van der Waals surface area contributed by atoms with E-state index in [2.05, 4.69) is 11.9 Å². The Balaban J connectivity index is 1.66. The van der Waals surface area contributed by atoms with Crippen molar-refractivity contribution in [1.82, 2.24) is 0 Å². The predicted molar refractivity (Wildman–Crippen MR) is 143 cm³/mol. The summed E-state index contributed by atoms with van der Waals surface area (Å²) >= 11 is 12.1. The van der Waals surface area contributed by atoms with Gasteiger partial charge in [0.15, 0.2) is 11.5 Å². The summed E-state index contributed by atoms with van der Waals surface area (Å²) in [5.74, 6) is 1.13. The summed E-state index contributed by atoms with van der Waals surface area (Å²) in [5.41, 5.74) is 1.88. The van der Waals surface area contributed by atoms with Gasteiger partial charge in [0, 0.05) is 21.3 Å². The van der Waals surface area contributed by atoms with Crippen molar-refractivity contribution in [2.45, 2.75) is 13.5 Å². The molecule has 0 saturated heterocycles. The van der Waals surface area contributed by atoms with E-state index >= 15 is 0 Å². The monoisotopic (exact) mass is 522 g/mol. The molecule has 1 amide bonds. The number of carbonyl (C=O) groups is 1. The number of halogens is 2. The lowest BCUT2D eigenvalue weighted by molar-refractivity contribution is -0.112. The van der Waals surface area contributed by atoms with Crippen LogP contribution >= 0.6 is 23.2 Å². The van der Waals surface area contributed by atoms with Crippen molar-refractivity contribution in [2.24, 2.45) is 0 Å². The molecule has 36 heavy (non-hydrogen) atoms. The van der Waals surface area contributed by atoms with Crippen LogP contribution in [-0.2, 0) is 11.4 Å². The van der Waals surface area contributed by atoms with Gasteiger partial charge in [0.05, 0.1) is 6.61 Å². The van der Waals surface area contributed by atoms with E-state index in [1.807, 2.05) is 13.0 Å². The molecule has 0 aliphatic rings. The molecule has 0 bridgehead atoms. The number of anilines is 1. The van der Waals surface area contributed by atoms with Crippen LogP contribution in [0, 0.1) is 11.3 Å². The molecular weight excluding hydrogens is 499 g/mol. The minimum atomic E-state index is -0.538. The van der Waals surface area contributed by atoms with Gasteiger partial charge < -0.3 is 19.5 Å². The van der Waals surface area contributed by atoms with E-state index < -0.39 is 5.91 Å². The van der Waals surface area contributed by atoms with Gasteiger partial charge in [-0.1, -0.05) is 48.0 Å². The van der Waals surface area contributed by atoms with Crippen molar-refractivity contribution in [3.05, 3.63) is 100 Å². The average Bonchev–Trinajstić information content (AvgIpc) is 2.87. The molecule has 0 saturated carbocycles. The summed E-state index contributed by atoms with van der Waals surface area (Å²) in [6, 6.07) is 19.1. The molecule has 3 aromatic rings. The van der Waals surface area contributed by atoms with Gasteiger partial charge in [-0.25, -0.2) is 0 Å². The Hall–Kier alpha value is -3.92. The zero-order chi connectivity index (χ0) is 25.9. The number of nitrogens with zero attached hydrogens (tertiary/aromatic N) is 1. The Morgan fingerprint density at radius 2 is 1.81 bits per heavy atom. The molecule has 3 rings (SSSR count). The second-order valence-corrected chi connectivity index (χ2v) is 8.26. The highest BCUT2D eigenvalue weighted by molar-refractivity contribution is 6.35. The standard InChI is InChI=1S/C28H24Cl2N2O4/c1-3-13-35-26-12-5-19(15-27(26)34-4-2)14-21(17-31)28(33)32-23-8-10-24(11-9-23)36-18-20-6-7-22(29)16-25(20)30/h3,5-12,14-16H,1,4,13,18H2,2H3,(H,32,33)/b21-14+. The molecule has 0 fully saturated rings. The summed E-state index contributed by atoms with van der Waals surface area (Å²) in [6.07, 6.45) is 3.12. The van der Waals surface area contributed by atoms with Crippen molar-refractivity contribution >= 4 is 40.9 Å². The van der Waals surface area contributed by atoms with Gasteiger partial charge in [-0.2, -0.15) is 5.26 Å². The second-order valence-electron chi connectivity index (χ2n) is 7.41. The Kier molecular flexibility index (Phi) is 9.82. The van der Waals surface area contributed by atoms with Gasteiger partial charge in [-0.15, -0.1) is 0 Å². The number of rotatable bonds is 11. The quantitative estimate of drug-likeness (QED) is 0.165. The van der Waals surface area contributed by atoms with Gasteiger partial charge in [-0.3, -0.25) is 4.79 Å². The molecule has 0 spiro atoms. The van der Waals surface area contributed by atoms with Gasteiger partial charge in [0.1, 0.15) is 30.6 Å². The maximum absolute atomic E-state index is 12.7. The third-order valence-corrected chi connectivity index (χ3v) is 5.41. The Morgan fingerprint density at radius 3 is 2.47 bits per heavy atom. The van der Waals surface area contributed by atoms with E-state index in [1.54, 1.807) is 66.7 Å². The minimum absolute atomic E-state index is 0.0603. The Labute approximate surface area is 220 Å². The Morgan fingerprint density at radius 1 is 1.03 bits per heavy atom. The van der Waals surface area contributed by atoms with Gasteiger partial charge in [-0.05, 0) is 67.1 Å². The molecule has 0 radical (unpaired) electrons. The highest BCUT2D eigenvalue weighted by Crippen LogP contribution is 2.30. The number of benzene rings is 3. The van der Waals surface area contributed by atoms with E-state index in [0.29, 0.717) is 51.8 Å². The van der Waals surface area contributed by atoms with Crippen LogP contribution in [-0.4, -0.2) is 19.1 Å². The fourth-order valence-corrected chi connectivity index (χ4v) is 3.56. The third kappa shape index (κ3) is 7.54. The number of ether oxygens (including phenoxy) is 3. The highest BCUT2D eigenvalue weighted by Gasteiger charge is 2.12. The van der Waals surface area contributed by atoms with Crippen LogP contribution in [0.3, 0.4) is 0 Å². The highest BCUT2D eigenvalue weighted by atomic mass is 35.5. The zero-order valence-electron chi connectivity index (χ0n) is 19.6. The minimum Gasteiger partial charge on any atom is -0.490 e. The van der Waals surface area contributed by atoms with E-state index in [9.17, 15) is 10.1 Å². The first-order chi connectivity index (χ1) is 17.4. The van der Waals surface area contributed by atoms with Crippen molar-refractivity contribution < 1.29 is 19.0 Å². The van der Waals surface area contributed by atoms with Crippen LogP contribution in [0.25, 0.3) is 6.08 Å². The van der Waals surface area contributed by atoms with Crippen LogP contribution < -0.4 is 19.5 Å². The summed E-state index contributed by atoms with van der Waals surface area (Å²) in [7, 11) is 0. The molecule has 0 aliphatic carbocycles. The fraction of sp³-hybridized carbons (Fsp3) is 0.143. The SMILES string of the molecule is C=CCOc1ccc(/C=C(\C#N)C(=O)Nc2ccc(OCc3ccc(Cl)cc3Cl)cc2)cc1OCC. The number of nitriles is 1. The maximum Gasteiger partial charge on any atom is 0.266 e. The summed E-state index contributed by atoms with van der Waals surface area (Å²) in [6.45, 7) is 6.53. The molecule has 3 aromatic carbocycles. The van der Waals surface area contributed by atoms with Crippen LogP contribution in [0.15, 0.2) is 78.9 Å².